The summed E-state index contributed by atoms with van der Waals surface area (Å²) in [4.78, 5) is 9.51. The first-order valence-electron chi connectivity index (χ1n) is 11.2. The van der Waals surface area contributed by atoms with E-state index in [2.05, 4.69) is 34.5 Å². The number of aryl methyl sites for hydroxylation is 1. The minimum Gasteiger partial charge on any atom is -0.354 e. The molecule has 0 aliphatic rings. The van der Waals surface area contributed by atoms with E-state index in [0.717, 1.165) is 29.9 Å². The van der Waals surface area contributed by atoms with Crippen molar-refractivity contribution in [3.8, 4) is 34.0 Å². The van der Waals surface area contributed by atoms with Gasteiger partial charge < -0.3 is 9.84 Å². The van der Waals surface area contributed by atoms with E-state index in [1.165, 1.54) is 5.56 Å². The van der Waals surface area contributed by atoms with Gasteiger partial charge in [-0.05, 0) is 45.0 Å². The molecule has 0 unspecified atom stereocenters. The maximum Gasteiger partial charge on any atom is 0.187 e. The van der Waals surface area contributed by atoms with Crippen molar-refractivity contribution in [2.45, 2.75) is 44.4 Å². The molecule has 0 aliphatic carbocycles. The van der Waals surface area contributed by atoms with E-state index < -0.39 is 15.1 Å². The molecule has 8 heteroatoms. The van der Waals surface area contributed by atoms with Crippen LogP contribution < -0.4 is 5.32 Å². The van der Waals surface area contributed by atoms with Crippen LogP contribution in [0, 0.1) is 6.92 Å². The molecule has 0 atom stereocenters. The van der Waals surface area contributed by atoms with E-state index in [-0.39, 0.29) is 1.43 Å². The molecule has 178 valence electrons. The van der Waals surface area contributed by atoms with Crippen LogP contribution >= 0.6 is 0 Å². The molecule has 0 fully saturated rings. The third kappa shape index (κ3) is 4.93. The first-order chi connectivity index (χ1) is 16.3. The molecule has 4 aromatic rings. The maximum absolute atomic E-state index is 12.4. The summed E-state index contributed by atoms with van der Waals surface area (Å²) < 4.78 is 30.4. The van der Waals surface area contributed by atoms with Gasteiger partial charge in [-0.1, -0.05) is 48.5 Å². The molecule has 2 aromatic carbocycles. The van der Waals surface area contributed by atoms with Crippen LogP contribution in [0.1, 0.15) is 33.5 Å². The summed E-state index contributed by atoms with van der Waals surface area (Å²) in [6.07, 6.45) is 1.67. The predicted molar refractivity (Wildman–Crippen MR) is 135 cm³/mol. The van der Waals surface area contributed by atoms with Crippen LogP contribution in [0.3, 0.4) is 0 Å². The van der Waals surface area contributed by atoms with Crippen LogP contribution in [0.4, 0.5) is 0 Å². The number of hydrogen-bond donors (Lipinski definition) is 1. The number of benzene rings is 2. The van der Waals surface area contributed by atoms with Gasteiger partial charge in [0.05, 0.1) is 27.7 Å². The number of sulfone groups is 1. The molecule has 4 rings (SSSR count). The highest BCUT2D eigenvalue weighted by Gasteiger charge is 2.19. The molecule has 0 aliphatic heterocycles. The smallest absolute Gasteiger partial charge is 0.187 e. The zero-order chi connectivity index (χ0) is 24.3. The lowest BCUT2D eigenvalue weighted by Gasteiger charge is -2.09. The lowest BCUT2D eigenvalue weighted by Crippen LogP contribution is -2.13. The Hall–Kier alpha value is -3.36. The van der Waals surface area contributed by atoms with Crippen molar-refractivity contribution >= 4 is 9.84 Å². The van der Waals surface area contributed by atoms with Crippen LogP contribution in [0.2, 0.25) is 0 Å². The molecule has 0 bridgehead atoms. The summed E-state index contributed by atoms with van der Waals surface area (Å²) >= 11 is 0. The minimum absolute atomic E-state index is 0. The van der Waals surface area contributed by atoms with Crippen LogP contribution in [0.15, 0.2) is 70.2 Å². The van der Waals surface area contributed by atoms with Crippen molar-refractivity contribution in [3.63, 3.8) is 0 Å². The van der Waals surface area contributed by atoms with Crippen LogP contribution in [0.25, 0.3) is 34.0 Å². The van der Waals surface area contributed by atoms with Gasteiger partial charge in [0.25, 0.3) is 0 Å². The van der Waals surface area contributed by atoms with Crippen molar-refractivity contribution in [1.82, 2.24) is 20.4 Å². The first kappa shape index (κ1) is 23.8. The molecule has 2 heterocycles. The second kappa shape index (κ2) is 9.87. The number of rotatable bonds is 8. The van der Waals surface area contributed by atoms with E-state index in [4.69, 9.17) is 9.51 Å². The van der Waals surface area contributed by atoms with E-state index in [0.29, 0.717) is 27.7 Å². The zero-order valence-corrected chi connectivity index (χ0v) is 20.6. The van der Waals surface area contributed by atoms with Gasteiger partial charge in [-0.3, -0.25) is 4.98 Å². The average molecular weight is 479 g/mol. The fourth-order valence-electron chi connectivity index (χ4n) is 3.49. The Kier molecular flexibility index (Phi) is 6.90. The molecule has 0 radical (unpaired) electrons. The standard InChI is InChI=1S/C26H28N4O3S.H2/c1-5-27-15-19-6-8-20(9-7-19)23-14-25(33-30-23)26-18(4)28-16-24(29-26)21-10-12-22(13-11-21)34(31,32)17(2)3;/h6-14,16-17,27H,5,15H2,1-4H3;1H. The van der Waals surface area contributed by atoms with E-state index in [1.54, 1.807) is 44.3 Å². The Balaban J connectivity index is 0.00000342. The Bertz CT molecular complexity index is 1380. The molecule has 2 aromatic heterocycles. The molecule has 0 amide bonds. The van der Waals surface area contributed by atoms with Crippen molar-refractivity contribution in [2.75, 3.05) is 6.54 Å². The lowest BCUT2D eigenvalue weighted by molar-refractivity contribution is 0.433. The minimum atomic E-state index is -3.33. The monoisotopic (exact) mass is 478 g/mol. The normalized spacial score (nSPS) is 11.8. The SMILES string of the molecule is CCNCc1ccc(-c2cc(-c3nc(-c4ccc(S(=O)(=O)C(C)C)cc4)cnc3C)on2)cc1.[HH]. The van der Waals surface area contributed by atoms with E-state index in [1.807, 2.05) is 25.1 Å². The Morgan fingerprint density at radius 1 is 1.00 bits per heavy atom. The highest BCUT2D eigenvalue weighted by atomic mass is 32.2. The Morgan fingerprint density at radius 2 is 1.65 bits per heavy atom. The topological polar surface area (TPSA) is 98.0 Å². The Morgan fingerprint density at radius 3 is 2.29 bits per heavy atom. The van der Waals surface area contributed by atoms with E-state index in [9.17, 15) is 8.42 Å². The third-order valence-corrected chi connectivity index (χ3v) is 7.80. The number of aromatic nitrogens is 3. The van der Waals surface area contributed by atoms with Gasteiger partial charge in [-0.15, -0.1) is 0 Å². The third-order valence-electron chi connectivity index (χ3n) is 5.63. The van der Waals surface area contributed by atoms with Gasteiger partial charge in [0.15, 0.2) is 15.6 Å². The summed E-state index contributed by atoms with van der Waals surface area (Å²) in [5.41, 5.74) is 5.59. The van der Waals surface area contributed by atoms with Gasteiger partial charge in [0.1, 0.15) is 11.4 Å². The summed E-state index contributed by atoms with van der Waals surface area (Å²) in [7, 11) is -3.33. The molecule has 34 heavy (non-hydrogen) atoms. The molecular weight excluding hydrogens is 448 g/mol. The Labute approximate surface area is 201 Å². The molecular formula is C26H30N4O3S. The highest BCUT2D eigenvalue weighted by molar-refractivity contribution is 7.92. The molecule has 0 spiro atoms. The van der Waals surface area contributed by atoms with Crippen LogP contribution in [-0.2, 0) is 16.4 Å². The number of nitrogens with one attached hydrogen (secondary N) is 1. The summed E-state index contributed by atoms with van der Waals surface area (Å²) in [6, 6.07) is 16.8. The van der Waals surface area contributed by atoms with Gasteiger partial charge >= 0.3 is 0 Å². The maximum atomic E-state index is 12.4. The highest BCUT2D eigenvalue weighted by Crippen LogP contribution is 2.29. The van der Waals surface area contributed by atoms with Gasteiger partial charge in [-0.25, -0.2) is 13.4 Å². The molecule has 0 saturated carbocycles. The summed E-state index contributed by atoms with van der Waals surface area (Å²) in [5, 5.41) is 7.06. The summed E-state index contributed by atoms with van der Waals surface area (Å²) in [5.74, 6) is 0.526. The fraction of sp³-hybridized carbons (Fsp3) is 0.269. The van der Waals surface area contributed by atoms with E-state index >= 15 is 0 Å². The zero-order valence-electron chi connectivity index (χ0n) is 19.7. The van der Waals surface area contributed by atoms with Crippen LogP contribution in [0.5, 0.6) is 0 Å². The van der Waals surface area contributed by atoms with Gasteiger partial charge in [-0.2, -0.15) is 0 Å². The first-order valence-corrected chi connectivity index (χ1v) is 12.8. The number of nitrogens with zero attached hydrogens (tertiary/aromatic N) is 3. The van der Waals surface area contributed by atoms with Crippen molar-refractivity contribution < 1.29 is 14.4 Å². The van der Waals surface area contributed by atoms with Crippen LogP contribution in [-0.4, -0.2) is 35.3 Å². The second-order valence-corrected chi connectivity index (χ2v) is 10.9. The van der Waals surface area contributed by atoms with Crippen molar-refractivity contribution in [2.24, 2.45) is 0 Å². The van der Waals surface area contributed by atoms with Crippen molar-refractivity contribution in [3.05, 3.63) is 72.1 Å². The fourth-order valence-corrected chi connectivity index (χ4v) is 4.55. The quantitative estimate of drug-likeness (QED) is 0.366. The average Bonchev–Trinajstić information content (AvgIpc) is 3.33. The van der Waals surface area contributed by atoms with Gasteiger partial charge in [0, 0.05) is 25.2 Å². The molecule has 1 N–H and O–H groups in total. The summed E-state index contributed by atoms with van der Waals surface area (Å²) in [6.45, 7) is 9.04. The number of hydrogen-bond acceptors (Lipinski definition) is 7. The predicted octanol–water partition coefficient (Wildman–Crippen LogP) is 5.31. The largest absolute Gasteiger partial charge is 0.354 e. The van der Waals surface area contributed by atoms with Crippen molar-refractivity contribution in [1.29, 1.82) is 0 Å². The molecule has 7 nitrogen and oxygen atoms in total. The second-order valence-electron chi connectivity index (χ2n) is 8.36. The molecule has 0 saturated heterocycles. The van der Waals surface area contributed by atoms with Gasteiger partial charge in [0.2, 0.25) is 0 Å². The lowest BCUT2D eigenvalue weighted by atomic mass is 10.1.